The molecular formula is C15H9Cl3F3NO2S. The molecule has 0 aliphatic heterocycles. The minimum Gasteiger partial charge on any atom is -0.360 e. The summed E-state index contributed by atoms with van der Waals surface area (Å²) in [6.07, 6.45) is 2.93. The molecule has 1 atom stereocenters. The van der Waals surface area contributed by atoms with E-state index < -0.39 is 16.7 Å². The fraction of sp³-hybridized carbons (Fsp3) is 0.333. The smallest absolute Gasteiger partial charge is 0.342 e. The van der Waals surface area contributed by atoms with Crippen LogP contribution in [0, 0.1) is 0 Å². The number of halogens is 6. The average molecular weight is 431 g/mol. The number of carbonyl (C=O) groups is 1. The van der Waals surface area contributed by atoms with Crippen molar-refractivity contribution in [3.05, 3.63) is 45.3 Å². The first-order valence-electron chi connectivity index (χ1n) is 7.04. The van der Waals surface area contributed by atoms with Gasteiger partial charge in [-0.05, 0) is 36.7 Å². The highest BCUT2D eigenvalue weighted by Gasteiger charge is 2.42. The topological polar surface area (TPSA) is 43.1 Å². The Morgan fingerprint density at radius 3 is 2.60 bits per heavy atom. The molecule has 2 aromatic rings. The minimum atomic E-state index is -4.00. The Hall–Kier alpha value is -0.890. The monoisotopic (exact) mass is 429 g/mol. The number of carbonyl (C=O) groups excluding carboxylic acids is 1. The summed E-state index contributed by atoms with van der Waals surface area (Å²) in [7, 11) is 0. The summed E-state index contributed by atoms with van der Waals surface area (Å²) in [5.41, 5.74) is -2.96. The number of rotatable bonds is 6. The van der Waals surface area contributed by atoms with Gasteiger partial charge in [0, 0.05) is 16.4 Å². The Balaban J connectivity index is 2.05. The normalized spacial score (nSPS) is 16.1. The van der Waals surface area contributed by atoms with Gasteiger partial charge in [-0.25, -0.2) is 4.39 Å². The van der Waals surface area contributed by atoms with E-state index in [1.165, 1.54) is 18.3 Å². The second-order valence-corrected chi connectivity index (χ2v) is 7.73. The summed E-state index contributed by atoms with van der Waals surface area (Å²) >= 11 is 16.5. The highest BCUT2D eigenvalue weighted by molar-refractivity contribution is 8.00. The van der Waals surface area contributed by atoms with Crippen LogP contribution in [0.25, 0.3) is 0 Å². The third-order valence-corrected chi connectivity index (χ3v) is 6.00. The van der Waals surface area contributed by atoms with Crippen molar-refractivity contribution in [2.45, 2.75) is 34.5 Å². The number of aromatic nitrogens is 1. The summed E-state index contributed by atoms with van der Waals surface area (Å²) < 4.78 is 45.6. The first kappa shape index (κ1) is 18.9. The zero-order chi connectivity index (χ0) is 18.4. The van der Waals surface area contributed by atoms with Crippen LogP contribution in [0.4, 0.5) is 13.2 Å². The molecule has 1 unspecified atom stereocenters. The molecule has 134 valence electrons. The Morgan fingerprint density at radius 2 is 2.00 bits per heavy atom. The van der Waals surface area contributed by atoms with E-state index in [9.17, 15) is 18.0 Å². The van der Waals surface area contributed by atoms with Crippen molar-refractivity contribution in [3.63, 3.8) is 0 Å². The molecular weight excluding hydrogens is 422 g/mol. The number of nitrogens with zero attached hydrogens (tertiary/aromatic N) is 1. The molecule has 0 amide bonds. The summed E-state index contributed by atoms with van der Waals surface area (Å²) in [6, 6.07) is 2.55. The summed E-state index contributed by atoms with van der Waals surface area (Å²) in [6.45, 7) is 0. The zero-order valence-corrected chi connectivity index (χ0v) is 15.3. The number of alkyl halides is 4. The molecule has 1 aromatic carbocycles. The first-order valence-corrected chi connectivity index (χ1v) is 9.05. The highest BCUT2D eigenvalue weighted by Crippen LogP contribution is 2.48. The third-order valence-electron chi connectivity index (χ3n) is 3.58. The number of ketones is 1. The van der Waals surface area contributed by atoms with Crippen molar-refractivity contribution >= 4 is 52.3 Å². The SMILES string of the molecule is O=C(c1cnoc1C1CC1)c1ccc(Cl)c(Cl)c1SC(F)(F)C(F)Cl. The lowest BCUT2D eigenvalue weighted by Gasteiger charge is -2.18. The predicted octanol–water partition coefficient (Wildman–Crippen LogP) is 6.31. The summed E-state index contributed by atoms with van der Waals surface area (Å²) in [4.78, 5) is 12.5. The molecule has 3 rings (SSSR count). The molecule has 1 fully saturated rings. The van der Waals surface area contributed by atoms with Crippen molar-refractivity contribution in [1.29, 1.82) is 0 Å². The molecule has 1 aromatic heterocycles. The van der Waals surface area contributed by atoms with Crippen LogP contribution in [-0.2, 0) is 0 Å². The van der Waals surface area contributed by atoms with Crippen LogP contribution in [0.2, 0.25) is 10.0 Å². The van der Waals surface area contributed by atoms with Gasteiger partial charge in [0.2, 0.25) is 5.63 Å². The van der Waals surface area contributed by atoms with Crippen molar-refractivity contribution in [2.75, 3.05) is 0 Å². The minimum absolute atomic E-state index is 0.0470. The van der Waals surface area contributed by atoms with Gasteiger partial charge in [0.1, 0.15) is 0 Å². The predicted molar refractivity (Wildman–Crippen MR) is 89.9 cm³/mol. The Kier molecular flexibility index (Phi) is 5.31. The van der Waals surface area contributed by atoms with Crippen molar-refractivity contribution in [3.8, 4) is 0 Å². The number of benzene rings is 1. The van der Waals surface area contributed by atoms with E-state index in [1.807, 2.05) is 0 Å². The zero-order valence-electron chi connectivity index (χ0n) is 12.2. The van der Waals surface area contributed by atoms with Crippen molar-refractivity contribution < 1.29 is 22.5 Å². The lowest BCUT2D eigenvalue weighted by atomic mass is 10.0. The van der Waals surface area contributed by atoms with Gasteiger partial charge in [-0.3, -0.25) is 4.79 Å². The second-order valence-electron chi connectivity index (χ2n) is 5.41. The number of hydrogen-bond donors (Lipinski definition) is 0. The maximum absolute atomic E-state index is 13.8. The van der Waals surface area contributed by atoms with Gasteiger partial charge in [-0.2, -0.15) is 8.78 Å². The third kappa shape index (κ3) is 3.79. The van der Waals surface area contributed by atoms with E-state index in [0.717, 1.165) is 12.8 Å². The molecule has 10 heteroatoms. The van der Waals surface area contributed by atoms with Crippen LogP contribution < -0.4 is 0 Å². The Bertz CT molecular complexity index is 824. The van der Waals surface area contributed by atoms with Crippen LogP contribution in [-0.4, -0.2) is 21.8 Å². The number of hydrogen-bond acceptors (Lipinski definition) is 4. The van der Waals surface area contributed by atoms with Crippen LogP contribution in [0.3, 0.4) is 0 Å². The molecule has 0 radical (unpaired) electrons. The standard InChI is InChI=1S/C15H9Cl3F3NO2S/c16-9-4-3-7(13(10(9)17)25-15(20,21)14(18)19)11(23)8-5-22-24-12(8)6-1-2-6/h3-6,14H,1-2H2. The van der Waals surface area contributed by atoms with Gasteiger partial charge < -0.3 is 4.52 Å². The van der Waals surface area contributed by atoms with E-state index in [-0.39, 0.29) is 43.7 Å². The van der Waals surface area contributed by atoms with Crippen molar-refractivity contribution in [2.24, 2.45) is 0 Å². The fourth-order valence-corrected chi connectivity index (χ4v) is 3.65. The van der Waals surface area contributed by atoms with Gasteiger partial charge in [-0.1, -0.05) is 40.0 Å². The van der Waals surface area contributed by atoms with Crippen LogP contribution in [0.1, 0.15) is 40.4 Å². The van der Waals surface area contributed by atoms with Crippen molar-refractivity contribution in [1.82, 2.24) is 5.16 Å². The fourth-order valence-electron chi connectivity index (χ4n) is 2.20. The maximum Gasteiger partial charge on any atom is 0.342 e. The molecule has 1 saturated carbocycles. The number of thioether (sulfide) groups is 1. The molecule has 1 aliphatic carbocycles. The molecule has 0 bridgehead atoms. The summed E-state index contributed by atoms with van der Waals surface area (Å²) in [5.74, 6) is -0.121. The molecule has 25 heavy (non-hydrogen) atoms. The van der Waals surface area contributed by atoms with Crippen LogP contribution in [0.5, 0.6) is 0 Å². The van der Waals surface area contributed by atoms with E-state index in [1.54, 1.807) is 0 Å². The lowest BCUT2D eigenvalue weighted by molar-refractivity contribution is 0.0537. The van der Waals surface area contributed by atoms with Crippen LogP contribution in [0.15, 0.2) is 27.7 Å². The molecule has 0 saturated heterocycles. The van der Waals surface area contributed by atoms with E-state index >= 15 is 0 Å². The van der Waals surface area contributed by atoms with E-state index in [2.05, 4.69) is 5.16 Å². The molecule has 3 nitrogen and oxygen atoms in total. The molecule has 0 spiro atoms. The van der Waals surface area contributed by atoms with Crippen LogP contribution >= 0.6 is 46.6 Å². The Morgan fingerprint density at radius 1 is 1.32 bits per heavy atom. The average Bonchev–Trinajstić information content (AvgIpc) is 3.28. The van der Waals surface area contributed by atoms with E-state index in [4.69, 9.17) is 39.3 Å². The molecule has 0 N–H and O–H groups in total. The largest absolute Gasteiger partial charge is 0.360 e. The lowest BCUT2D eigenvalue weighted by Crippen LogP contribution is -2.21. The Labute approximate surface area is 159 Å². The quantitative estimate of drug-likeness (QED) is 0.306. The van der Waals surface area contributed by atoms with Gasteiger partial charge in [-0.15, -0.1) is 0 Å². The first-order chi connectivity index (χ1) is 11.7. The van der Waals surface area contributed by atoms with Gasteiger partial charge in [0.15, 0.2) is 11.5 Å². The highest BCUT2D eigenvalue weighted by atomic mass is 35.5. The van der Waals surface area contributed by atoms with Gasteiger partial charge in [0.05, 0.1) is 21.8 Å². The van der Waals surface area contributed by atoms with E-state index in [0.29, 0.717) is 5.76 Å². The van der Waals surface area contributed by atoms with Gasteiger partial charge >= 0.3 is 5.25 Å². The molecule has 1 aliphatic rings. The maximum atomic E-state index is 13.8. The van der Waals surface area contributed by atoms with Gasteiger partial charge in [0.25, 0.3) is 0 Å². The second kappa shape index (κ2) is 7.02. The summed E-state index contributed by atoms with van der Waals surface area (Å²) in [5, 5.41) is -0.715. The molecule has 1 heterocycles.